The first-order valence-electron chi connectivity index (χ1n) is 5.91. The van der Waals surface area contributed by atoms with E-state index in [1.807, 2.05) is 11.3 Å². The largest absolute Gasteiger partial charge is 0.323 e. The second kappa shape index (κ2) is 4.61. The van der Waals surface area contributed by atoms with Gasteiger partial charge in [0.05, 0.1) is 0 Å². The van der Waals surface area contributed by atoms with Crippen LogP contribution < -0.4 is 5.73 Å². The molecule has 17 heavy (non-hydrogen) atoms. The summed E-state index contributed by atoms with van der Waals surface area (Å²) >= 11 is 1.82. The average Bonchev–Trinajstić information content (AvgIpc) is 2.79. The van der Waals surface area contributed by atoms with Gasteiger partial charge < -0.3 is 5.73 Å². The summed E-state index contributed by atoms with van der Waals surface area (Å²) in [6, 6.07) is 12.9. The zero-order valence-electron chi connectivity index (χ0n) is 9.67. The summed E-state index contributed by atoms with van der Waals surface area (Å²) in [5.41, 5.74) is 8.91. The lowest BCUT2D eigenvalue weighted by Crippen LogP contribution is -2.35. The summed E-state index contributed by atoms with van der Waals surface area (Å²) in [5.74, 6) is 0. The molecule has 0 amide bonds. The van der Waals surface area contributed by atoms with Crippen LogP contribution in [0.5, 0.6) is 0 Å². The first kappa shape index (κ1) is 11.0. The fourth-order valence-corrected chi connectivity index (χ4v) is 3.41. The SMILES string of the molecule is NC1CN(Cc2ccccc2)Cc2sccc21. The van der Waals surface area contributed by atoms with Gasteiger partial charge in [0, 0.05) is 30.6 Å². The van der Waals surface area contributed by atoms with Crippen molar-refractivity contribution in [3.8, 4) is 0 Å². The van der Waals surface area contributed by atoms with Crippen molar-refractivity contribution >= 4 is 11.3 Å². The highest BCUT2D eigenvalue weighted by Crippen LogP contribution is 2.29. The third-order valence-corrected chi connectivity index (χ3v) is 4.17. The maximum absolute atomic E-state index is 6.20. The normalized spacial score (nSPS) is 20.2. The molecular weight excluding hydrogens is 228 g/mol. The zero-order valence-corrected chi connectivity index (χ0v) is 10.5. The number of nitrogens with two attached hydrogens (primary N) is 1. The molecule has 1 aromatic carbocycles. The minimum Gasteiger partial charge on any atom is -0.323 e. The standard InChI is InChI=1S/C14H16N2S/c15-13-9-16(8-11-4-2-1-3-5-11)10-14-12(13)6-7-17-14/h1-7,13H,8-10,15H2. The van der Waals surface area contributed by atoms with Gasteiger partial charge in [-0.3, -0.25) is 4.90 Å². The minimum atomic E-state index is 0.175. The van der Waals surface area contributed by atoms with Crippen molar-refractivity contribution in [1.29, 1.82) is 0 Å². The van der Waals surface area contributed by atoms with Crippen LogP contribution in [0.15, 0.2) is 41.8 Å². The van der Waals surface area contributed by atoms with Gasteiger partial charge in [-0.15, -0.1) is 11.3 Å². The molecular formula is C14H16N2S. The van der Waals surface area contributed by atoms with E-state index in [1.165, 1.54) is 16.0 Å². The van der Waals surface area contributed by atoms with Crippen LogP contribution in [0.2, 0.25) is 0 Å². The fourth-order valence-electron chi connectivity index (χ4n) is 2.42. The van der Waals surface area contributed by atoms with E-state index in [2.05, 4.69) is 46.7 Å². The summed E-state index contributed by atoms with van der Waals surface area (Å²) in [6.45, 7) is 2.99. The Bertz CT molecular complexity index is 492. The van der Waals surface area contributed by atoms with Gasteiger partial charge in [-0.2, -0.15) is 0 Å². The molecule has 1 aromatic heterocycles. The van der Waals surface area contributed by atoms with Gasteiger partial charge in [-0.05, 0) is 22.6 Å². The monoisotopic (exact) mass is 244 g/mol. The molecule has 2 aromatic rings. The van der Waals surface area contributed by atoms with Crippen molar-refractivity contribution in [2.75, 3.05) is 6.54 Å². The highest BCUT2D eigenvalue weighted by Gasteiger charge is 2.23. The van der Waals surface area contributed by atoms with Crippen molar-refractivity contribution in [1.82, 2.24) is 4.90 Å². The van der Waals surface area contributed by atoms with E-state index in [1.54, 1.807) is 0 Å². The van der Waals surface area contributed by atoms with Crippen LogP contribution >= 0.6 is 11.3 Å². The van der Waals surface area contributed by atoms with Crippen LogP contribution in [0, 0.1) is 0 Å². The quantitative estimate of drug-likeness (QED) is 0.880. The number of rotatable bonds is 2. The van der Waals surface area contributed by atoms with Crippen molar-refractivity contribution < 1.29 is 0 Å². The Morgan fingerprint density at radius 3 is 2.88 bits per heavy atom. The molecule has 2 heterocycles. The van der Waals surface area contributed by atoms with E-state index >= 15 is 0 Å². The van der Waals surface area contributed by atoms with Crippen LogP contribution in [0.1, 0.15) is 22.0 Å². The first-order valence-corrected chi connectivity index (χ1v) is 6.79. The molecule has 1 atom stereocenters. The predicted molar refractivity (Wildman–Crippen MR) is 71.8 cm³/mol. The summed E-state index contributed by atoms with van der Waals surface area (Å²) in [5, 5.41) is 2.15. The van der Waals surface area contributed by atoms with E-state index in [4.69, 9.17) is 5.73 Å². The van der Waals surface area contributed by atoms with Gasteiger partial charge >= 0.3 is 0 Å². The number of benzene rings is 1. The third kappa shape index (κ3) is 2.27. The third-order valence-electron chi connectivity index (χ3n) is 3.25. The molecule has 1 aliphatic rings. The molecule has 1 unspecified atom stereocenters. The Labute approximate surface area is 106 Å². The van der Waals surface area contributed by atoms with E-state index in [0.29, 0.717) is 0 Å². The molecule has 0 saturated carbocycles. The predicted octanol–water partition coefficient (Wildman–Crippen LogP) is 2.76. The molecule has 2 nitrogen and oxygen atoms in total. The topological polar surface area (TPSA) is 29.3 Å². The molecule has 0 saturated heterocycles. The summed E-state index contributed by atoms with van der Waals surface area (Å²) in [7, 11) is 0. The molecule has 3 rings (SSSR count). The molecule has 0 spiro atoms. The Balaban J connectivity index is 1.76. The number of fused-ring (bicyclic) bond motifs is 1. The second-order valence-corrected chi connectivity index (χ2v) is 5.56. The number of hydrogen-bond acceptors (Lipinski definition) is 3. The molecule has 0 fully saturated rings. The summed E-state index contributed by atoms with van der Waals surface area (Å²) < 4.78 is 0. The van der Waals surface area contributed by atoms with Crippen LogP contribution in [0.3, 0.4) is 0 Å². The maximum Gasteiger partial charge on any atom is 0.0436 e. The van der Waals surface area contributed by atoms with Gasteiger partial charge in [0.2, 0.25) is 0 Å². The number of thiophene rings is 1. The van der Waals surface area contributed by atoms with E-state index in [-0.39, 0.29) is 6.04 Å². The average molecular weight is 244 g/mol. The highest BCUT2D eigenvalue weighted by molar-refractivity contribution is 7.10. The van der Waals surface area contributed by atoms with Gasteiger partial charge in [0.1, 0.15) is 0 Å². The lowest BCUT2D eigenvalue weighted by atomic mass is 10.0. The van der Waals surface area contributed by atoms with Gasteiger partial charge in [0.15, 0.2) is 0 Å². The summed E-state index contributed by atoms with van der Waals surface area (Å²) in [4.78, 5) is 3.86. The minimum absolute atomic E-state index is 0.175. The Hall–Kier alpha value is -1.16. The Morgan fingerprint density at radius 1 is 1.24 bits per heavy atom. The second-order valence-electron chi connectivity index (χ2n) is 4.56. The van der Waals surface area contributed by atoms with Crippen molar-refractivity contribution in [3.63, 3.8) is 0 Å². The smallest absolute Gasteiger partial charge is 0.0436 e. The number of hydrogen-bond donors (Lipinski definition) is 1. The Morgan fingerprint density at radius 2 is 2.06 bits per heavy atom. The molecule has 0 aliphatic carbocycles. The molecule has 3 heteroatoms. The fraction of sp³-hybridized carbons (Fsp3) is 0.286. The van der Waals surface area contributed by atoms with Crippen LogP contribution in [0.4, 0.5) is 0 Å². The van der Waals surface area contributed by atoms with E-state index < -0.39 is 0 Å². The van der Waals surface area contributed by atoms with Crippen molar-refractivity contribution in [3.05, 3.63) is 57.8 Å². The van der Waals surface area contributed by atoms with Gasteiger partial charge in [0.25, 0.3) is 0 Å². The van der Waals surface area contributed by atoms with Gasteiger partial charge in [-0.25, -0.2) is 0 Å². The molecule has 88 valence electrons. The van der Waals surface area contributed by atoms with Crippen LogP contribution in [0.25, 0.3) is 0 Å². The first-order chi connectivity index (χ1) is 8.33. The molecule has 1 aliphatic heterocycles. The maximum atomic E-state index is 6.20. The highest BCUT2D eigenvalue weighted by atomic mass is 32.1. The summed E-state index contributed by atoms with van der Waals surface area (Å²) in [6.07, 6.45) is 0. The molecule has 0 bridgehead atoms. The zero-order chi connectivity index (χ0) is 11.7. The van der Waals surface area contributed by atoms with Crippen molar-refractivity contribution in [2.45, 2.75) is 19.1 Å². The lowest BCUT2D eigenvalue weighted by Gasteiger charge is -2.30. The lowest BCUT2D eigenvalue weighted by molar-refractivity contribution is 0.226. The number of nitrogens with zero attached hydrogens (tertiary/aromatic N) is 1. The van der Waals surface area contributed by atoms with Crippen molar-refractivity contribution in [2.24, 2.45) is 5.73 Å². The van der Waals surface area contributed by atoms with E-state index in [9.17, 15) is 0 Å². The van der Waals surface area contributed by atoms with Gasteiger partial charge in [-0.1, -0.05) is 30.3 Å². The Kier molecular flexibility index (Phi) is 2.97. The van der Waals surface area contributed by atoms with E-state index in [0.717, 1.165) is 19.6 Å². The molecule has 2 N–H and O–H groups in total. The van der Waals surface area contributed by atoms with Crippen LogP contribution in [-0.4, -0.2) is 11.4 Å². The van der Waals surface area contributed by atoms with Crippen LogP contribution in [-0.2, 0) is 13.1 Å². The molecule has 0 radical (unpaired) electrons.